The van der Waals surface area contributed by atoms with Crippen molar-refractivity contribution in [3.05, 3.63) is 42.0 Å². The minimum absolute atomic E-state index is 0.0168. The first kappa shape index (κ1) is 17.2. The topological polar surface area (TPSA) is 75.9 Å². The van der Waals surface area contributed by atoms with Crippen LogP contribution in [0.15, 0.2) is 30.9 Å². The molecule has 3 heterocycles. The predicted molar refractivity (Wildman–Crippen MR) is 108 cm³/mol. The summed E-state index contributed by atoms with van der Waals surface area (Å²) in [5, 5.41) is 3.06. The van der Waals surface area contributed by atoms with Gasteiger partial charge in [-0.15, -0.1) is 0 Å². The third kappa shape index (κ3) is 3.10. The molecule has 0 atom stereocenters. The van der Waals surface area contributed by atoms with Gasteiger partial charge in [0.25, 0.3) is 5.91 Å². The number of aromatic nitrogens is 4. The summed E-state index contributed by atoms with van der Waals surface area (Å²) in [4.78, 5) is 28.5. The molecular formula is C21H24N6O. The molecule has 0 radical (unpaired) electrons. The number of nitrogens with zero attached hydrogens (tertiary/aromatic N) is 5. The second kappa shape index (κ2) is 6.89. The van der Waals surface area contributed by atoms with E-state index in [4.69, 9.17) is 0 Å². The number of carbonyl (C=O) groups is 1. The number of anilines is 1. The zero-order valence-corrected chi connectivity index (χ0v) is 16.1. The number of hydrogen-bond donors (Lipinski definition) is 1. The van der Waals surface area contributed by atoms with Crippen molar-refractivity contribution in [1.29, 1.82) is 0 Å². The van der Waals surface area contributed by atoms with Crippen molar-refractivity contribution in [3.63, 3.8) is 0 Å². The van der Waals surface area contributed by atoms with Crippen molar-refractivity contribution in [2.75, 3.05) is 18.0 Å². The molecule has 1 N–H and O–H groups in total. The number of piperidine rings is 1. The molecule has 1 saturated heterocycles. The van der Waals surface area contributed by atoms with Crippen LogP contribution in [0, 0.1) is 6.92 Å². The van der Waals surface area contributed by atoms with Gasteiger partial charge in [-0.1, -0.05) is 6.07 Å². The molecule has 7 heteroatoms. The molecule has 3 aromatic rings. The Morgan fingerprint density at radius 3 is 2.71 bits per heavy atom. The maximum atomic E-state index is 12.5. The second-order valence-corrected chi connectivity index (χ2v) is 7.78. The lowest BCUT2D eigenvalue weighted by Gasteiger charge is -2.27. The molecule has 1 saturated carbocycles. The summed E-state index contributed by atoms with van der Waals surface area (Å²) in [6, 6.07) is 6.13. The summed E-state index contributed by atoms with van der Waals surface area (Å²) in [6.45, 7) is 4.06. The van der Waals surface area contributed by atoms with E-state index in [1.165, 1.54) is 19.3 Å². The average molecular weight is 376 g/mol. The van der Waals surface area contributed by atoms with E-state index >= 15 is 0 Å². The summed E-state index contributed by atoms with van der Waals surface area (Å²) in [6.07, 6.45) is 9.20. The van der Waals surface area contributed by atoms with Gasteiger partial charge < -0.3 is 10.2 Å². The number of amides is 1. The van der Waals surface area contributed by atoms with Gasteiger partial charge in [-0.25, -0.2) is 15.0 Å². The van der Waals surface area contributed by atoms with E-state index in [0.717, 1.165) is 54.2 Å². The Kier molecular flexibility index (Phi) is 4.22. The van der Waals surface area contributed by atoms with Gasteiger partial charge in [0.1, 0.15) is 12.7 Å². The predicted octanol–water partition coefficient (Wildman–Crippen LogP) is 3.01. The number of hydrogen-bond acceptors (Lipinski definition) is 5. The minimum atomic E-state index is -0.0168. The number of fused-ring (bicyclic) bond motifs is 1. The summed E-state index contributed by atoms with van der Waals surface area (Å²) >= 11 is 0. The highest BCUT2D eigenvalue weighted by Gasteiger charge is 2.24. The number of imidazole rings is 1. The average Bonchev–Trinajstić information content (AvgIpc) is 3.44. The molecular weight excluding hydrogens is 352 g/mol. The standard InChI is InChI=1S/C21H24N6O/c1-14-5-6-15(21(28)25-16-7-8-16)11-17(14)27-13-24-18-19(22-12-23-20(18)27)26-9-3-2-4-10-26/h5-6,11-13,16H,2-4,7-10H2,1H3,(H,25,28). The summed E-state index contributed by atoms with van der Waals surface area (Å²) < 4.78 is 1.97. The van der Waals surface area contributed by atoms with Crippen LogP contribution < -0.4 is 10.2 Å². The summed E-state index contributed by atoms with van der Waals surface area (Å²) in [5.41, 5.74) is 4.25. The fourth-order valence-electron chi connectivity index (χ4n) is 3.84. The fourth-order valence-corrected chi connectivity index (χ4v) is 3.84. The highest BCUT2D eigenvalue weighted by molar-refractivity contribution is 5.95. The van der Waals surface area contributed by atoms with E-state index in [9.17, 15) is 4.79 Å². The Morgan fingerprint density at radius 1 is 1.11 bits per heavy atom. The number of benzene rings is 1. The smallest absolute Gasteiger partial charge is 0.251 e. The van der Waals surface area contributed by atoms with E-state index in [1.54, 1.807) is 12.7 Å². The van der Waals surface area contributed by atoms with Crippen LogP contribution in [0.25, 0.3) is 16.9 Å². The van der Waals surface area contributed by atoms with Gasteiger partial charge in [-0.05, 0) is 56.7 Å². The minimum Gasteiger partial charge on any atom is -0.355 e. The normalized spacial score (nSPS) is 17.1. The van der Waals surface area contributed by atoms with Gasteiger partial charge in [0.05, 0.1) is 5.69 Å². The maximum absolute atomic E-state index is 12.5. The third-order valence-corrected chi connectivity index (χ3v) is 5.61. The molecule has 1 aromatic carbocycles. The van der Waals surface area contributed by atoms with Crippen molar-refractivity contribution in [1.82, 2.24) is 24.8 Å². The molecule has 5 rings (SSSR count). The molecule has 0 bridgehead atoms. The Labute approximate surface area is 163 Å². The van der Waals surface area contributed by atoms with Gasteiger partial charge >= 0.3 is 0 Å². The number of carbonyl (C=O) groups excluding carboxylic acids is 1. The first-order valence-corrected chi connectivity index (χ1v) is 10.1. The lowest BCUT2D eigenvalue weighted by Crippen LogP contribution is -2.30. The molecule has 1 aliphatic heterocycles. The molecule has 2 aliphatic rings. The highest BCUT2D eigenvalue weighted by Crippen LogP contribution is 2.27. The van der Waals surface area contributed by atoms with Crippen LogP contribution in [0.2, 0.25) is 0 Å². The van der Waals surface area contributed by atoms with E-state index in [0.29, 0.717) is 11.6 Å². The number of rotatable bonds is 4. The zero-order valence-electron chi connectivity index (χ0n) is 16.1. The fraction of sp³-hybridized carbons (Fsp3) is 0.429. The maximum Gasteiger partial charge on any atom is 0.251 e. The first-order valence-electron chi connectivity index (χ1n) is 10.1. The quantitative estimate of drug-likeness (QED) is 0.757. The molecule has 1 aliphatic carbocycles. The van der Waals surface area contributed by atoms with Crippen LogP contribution in [0.3, 0.4) is 0 Å². The van der Waals surface area contributed by atoms with Crippen LogP contribution in [0.5, 0.6) is 0 Å². The van der Waals surface area contributed by atoms with Crippen molar-refractivity contribution in [2.45, 2.75) is 45.1 Å². The van der Waals surface area contributed by atoms with Crippen molar-refractivity contribution < 1.29 is 4.79 Å². The first-order chi connectivity index (χ1) is 13.7. The summed E-state index contributed by atoms with van der Waals surface area (Å²) in [7, 11) is 0. The lowest BCUT2D eigenvalue weighted by molar-refractivity contribution is 0.0951. The Balaban J connectivity index is 1.55. The molecule has 0 spiro atoms. The molecule has 0 unspecified atom stereocenters. The van der Waals surface area contributed by atoms with Crippen molar-refractivity contribution in [3.8, 4) is 5.69 Å². The van der Waals surface area contributed by atoms with Crippen LogP contribution in [0.4, 0.5) is 5.82 Å². The van der Waals surface area contributed by atoms with Gasteiger partial charge in [-0.2, -0.15) is 0 Å². The molecule has 28 heavy (non-hydrogen) atoms. The Hall–Kier alpha value is -2.96. The zero-order chi connectivity index (χ0) is 19.1. The number of nitrogens with one attached hydrogen (secondary N) is 1. The largest absolute Gasteiger partial charge is 0.355 e. The highest BCUT2D eigenvalue weighted by atomic mass is 16.1. The van der Waals surface area contributed by atoms with Gasteiger partial charge in [0.2, 0.25) is 0 Å². The van der Waals surface area contributed by atoms with Crippen molar-refractivity contribution >= 4 is 22.9 Å². The van der Waals surface area contributed by atoms with E-state index in [2.05, 4.69) is 25.2 Å². The van der Waals surface area contributed by atoms with E-state index in [1.807, 2.05) is 29.7 Å². The monoisotopic (exact) mass is 376 g/mol. The molecule has 1 amide bonds. The molecule has 144 valence electrons. The number of aryl methyl sites for hydroxylation is 1. The molecule has 2 fully saturated rings. The summed E-state index contributed by atoms with van der Waals surface area (Å²) in [5.74, 6) is 0.889. The molecule has 2 aromatic heterocycles. The van der Waals surface area contributed by atoms with Crippen LogP contribution >= 0.6 is 0 Å². The van der Waals surface area contributed by atoms with Crippen LogP contribution in [0.1, 0.15) is 48.0 Å². The lowest BCUT2D eigenvalue weighted by atomic mass is 10.1. The van der Waals surface area contributed by atoms with Gasteiger partial charge in [0.15, 0.2) is 17.0 Å². The van der Waals surface area contributed by atoms with Gasteiger partial charge in [-0.3, -0.25) is 9.36 Å². The van der Waals surface area contributed by atoms with Crippen LogP contribution in [-0.2, 0) is 0 Å². The van der Waals surface area contributed by atoms with E-state index in [-0.39, 0.29) is 5.91 Å². The SMILES string of the molecule is Cc1ccc(C(=O)NC2CC2)cc1-n1cnc2c(N3CCCCC3)ncnc21. The van der Waals surface area contributed by atoms with Crippen LogP contribution in [-0.4, -0.2) is 44.6 Å². The van der Waals surface area contributed by atoms with E-state index < -0.39 is 0 Å². The third-order valence-electron chi connectivity index (χ3n) is 5.61. The van der Waals surface area contributed by atoms with Crippen molar-refractivity contribution in [2.24, 2.45) is 0 Å². The second-order valence-electron chi connectivity index (χ2n) is 7.78. The Bertz CT molecular complexity index is 1030. The Morgan fingerprint density at radius 2 is 1.93 bits per heavy atom. The molecule has 7 nitrogen and oxygen atoms in total. The van der Waals surface area contributed by atoms with Gasteiger partial charge in [0, 0.05) is 24.7 Å².